The molecule has 0 N–H and O–H groups in total. The third-order valence-corrected chi connectivity index (χ3v) is 4.15. The lowest BCUT2D eigenvalue weighted by molar-refractivity contribution is -0.385. The first-order chi connectivity index (χ1) is 12.5. The molecule has 0 radical (unpaired) electrons. The van der Waals surface area contributed by atoms with E-state index in [2.05, 4.69) is 4.98 Å². The maximum Gasteiger partial charge on any atom is 0.272 e. The first-order valence-electron chi connectivity index (χ1n) is 7.39. The number of hydrogen-bond acceptors (Lipinski definition) is 6. The van der Waals surface area contributed by atoms with Gasteiger partial charge in [0.2, 0.25) is 0 Å². The second-order valence-corrected chi connectivity index (χ2v) is 6.08. The second kappa shape index (κ2) is 7.87. The summed E-state index contributed by atoms with van der Waals surface area (Å²) in [5.41, 5.74) is 0.231. The van der Waals surface area contributed by atoms with E-state index in [1.54, 1.807) is 5.38 Å². The van der Waals surface area contributed by atoms with Crippen LogP contribution in [0.15, 0.2) is 47.8 Å². The van der Waals surface area contributed by atoms with Crippen LogP contribution in [0.1, 0.15) is 10.7 Å². The van der Waals surface area contributed by atoms with E-state index in [1.807, 2.05) is 0 Å². The van der Waals surface area contributed by atoms with Gasteiger partial charge in [-0.15, -0.1) is 11.3 Å². The van der Waals surface area contributed by atoms with Gasteiger partial charge in [0.1, 0.15) is 29.8 Å². The standard InChI is InChI=1S/C17H12F2N2O4S/c18-11-1-4-14(5-2-11)24-9-17-20-12(10-26-17)8-25-16-6-3-13(21(22)23)7-15(16)19/h1-7,10H,8-9H2. The molecule has 0 saturated carbocycles. The Bertz CT molecular complexity index is 915. The average molecular weight is 378 g/mol. The molecule has 0 fully saturated rings. The number of halogens is 2. The van der Waals surface area contributed by atoms with Crippen molar-refractivity contribution in [3.05, 3.63) is 80.3 Å². The fraction of sp³-hybridized carbons (Fsp3) is 0.118. The van der Waals surface area contributed by atoms with E-state index < -0.39 is 10.7 Å². The van der Waals surface area contributed by atoms with E-state index in [0.717, 1.165) is 6.07 Å². The largest absolute Gasteiger partial charge is 0.486 e. The van der Waals surface area contributed by atoms with E-state index in [0.29, 0.717) is 16.5 Å². The second-order valence-electron chi connectivity index (χ2n) is 5.14. The number of nitrogens with zero attached hydrogens (tertiary/aromatic N) is 2. The zero-order valence-corrected chi connectivity index (χ0v) is 14.0. The van der Waals surface area contributed by atoms with Gasteiger partial charge in [0, 0.05) is 11.4 Å². The smallest absolute Gasteiger partial charge is 0.272 e. The summed E-state index contributed by atoms with van der Waals surface area (Å²) in [6.07, 6.45) is 0. The first-order valence-corrected chi connectivity index (χ1v) is 8.27. The fourth-order valence-electron chi connectivity index (χ4n) is 2.03. The summed E-state index contributed by atoms with van der Waals surface area (Å²) in [7, 11) is 0. The van der Waals surface area contributed by atoms with Gasteiger partial charge in [-0.05, 0) is 30.3 Å². The lowest BCUT2D eigenvalue weighted by Crippen LogP contribution is -2.00. The van der Waals surface area contributed by atoms with Gasteiger partial charge in [0.05, 0.1) is 16.7 Å². The molecule has 134 valence electrons. The van der Waals surface area contributed by atoms with Gasteiger partial charge in [-0.25, -0.2) is 13.8 Å². The number of aromatic nitrogens is 1. The molecule has 9 heteroatoms. The van der Waals surface area contributed by atoms with Crippen molar-refractivity contribution in [3.8, 4) is 11.5 Å². The Labute approximate surface area is 150 Å². The number of thiazole rings is 1. The van der Waals surface area contributed by atoms with Crippen molar-refractivity contribution in [1.82, 2.24) is 4.98 Å². The van der Waals surface area contributed by atoms with Crippen LogP contribution < -0.4 is 9.47 Å². The Morgan fingerprint density at radius 3 is 2.54 bits per heavy atom. The summed E-state index contributed by atoms with van der Waals surface area (Å²) in [4.78, 5) is 14.2. The molecule has 3 aromatic rings. The van der Waals surface area contributed by atoms with Crippen LogP contribution in [0.25, 0.3) is 0 Å². The van der Waals surface area contributed by atoms with Crippen LogP contribution in [-0.4, -0.2) is 9.91 Å². The SMILES string of the molecule is O=[N+]([O-])c1ccc(OCc2csc(COc3ccc(F)cc3)n2)c(F)c1. The minimum atomic E-state index is -0.811. The monoisotopic (exact) mass is 378 g/mol. The van der Waals surface area contributed by atoms with E-state index in [-0.39, 0.29) is 30.5 Å². The molecule has 0 aliphatic heterocycles. The summed E-state index contributed by atoms with van der Waals surface area (Å²) < 4.78 is 37.4. The van der Waals surface area contributed by atoms with Gasteiger partial charge < -0.3 is 9.47 Å². The Kier molecular flexibility index (Phi) is 5.37. The predicted octanol–water partition coefficient (Wildman–Crippen LogP) is 4.49. The van der Waals surface area contributed by atoms with Crippen molar-refractivity contribution >= 4 is 17.0 Å². The Morgan fingerprint density at radius 1 is 1.08 bits per heavy atom. The predicted molar refractivity (Wildman–Crippen MR) is 90.2 cm³/mol. The van der Waals surface area contributed by atoms with Gasteiger partial charge in [0.15, 0.2) is 11.6 Å². The molecule has 0 unspecified atom stereocenters. The Hall–Kier alpha value is -3.07. The molecule has 1 aromatic heterocycles. The Balaban J connectivity index is 1.55. The number of nitro groups is 1. The molecule has 3 rings (SSSR count). The number of non-ortho nitro benzene ring substituents is 1. The van der Waals surface area contributed by atoms with Crippen molar-refractivity contribution in [1.29, 1.82) is 0 Å². The van der Waals surface area contributed by atoms with Gasteiger partial charge in [-0.3, -0.25) is 10.1 Å². The number of ether oxygens (including phenoxy) is 2. The lowest BCUT2D eigenvalue weighted by atomic mass is 10.3. The maximum atomic E-state index is 13.8. The van der Waals surface area contributed by atoms with E-state index in [1.165, 1.54) is 47.7 Å². The van der Waals surface area contributed by atoms with Gasteiger partial charge in [-0.1, -0.05) is 0 Å². The normalized spacial score (nSPS) is 10.5. The molecule has 6 nitrogen and oxygen atoms in total. The molecule has 0 bridgehead atoms. The third-order valence-electron chi connectivity index (χ3n) is 3.28. The molecule has 0 aliphatic carbocycles. The third kappa shape index (κ3) is 4.51. The van der Waals surface area contributed by atoms with Crippen LogP contribution in [0.3, 0.4) is 0 Å². The van der Waals surface area contributed by atoms with E-state index in [9.17, 15) is 18.9 Å². The zero-order valence-electron chi connectivity index (χ0n) is 13.2. The summed E-state index contributed by atoms with van der Waals surface area (Å²) in [5.74, 6) is -0.723. The fourth-order valence-corrected chi connectivity index (χ4v) is 2.72. The zero-order chi connectivity index (χ0) is 18.5. The number of rotatable bonds is 7. The van der Waals surface area contributed by atoms with Crippen molar-refractivity contribution in [2.45, 2.75) is 13.2 Å². The van der Waals surface area contributed by atoms with Gasteiger partial charge in [0.25, 0.3) is 5.69 Å². The minimum Gasteiger partial charge on any atom is -0.486 e. The van der Waals surface area contributed by atoms with Gasteiger partial charge in [-0.2, -0.15) is 0 Å². The molecular weight excluding hydrogens is 366 g/mol. The summed E-state index contributed by atoms with van der Waals surface area (Å²) in [6, 6.07) is 8.82. The van der Waals surface area contributed by atoms with Crippen LogP contribution in [0, 0.1) is 21.7 Å². The molecular formula is C17H12F2N2O4S. The van der Waals surface area contributed by atoms with E-state index in [4.69, 9.17) is 9.47 Å². The Morgan fingerprint density at radius 2 is 1.85 bits per heavy atom. The lowest BCUT2D eigenvalue weighted by Gasteiger charge is -2.05. The molecule has 1 heterocycles. The van der Waals surface area contributed by atoms with Crippen LogP contribution in [0.2, 0.25) is 0 Å². The van der Waals surface area contributed by atoms with Crippen molar-refractivity contribution < 1.29 is 23.2 Å². The highest BCUT2D eigenvalue weighted by Gasteiger charge is 2.12. The maximum absolute atomic E-state index is 13.8. The summed E-state index contributed by atoms with van der Waals surface area (Å²) >= 11 is 1.34. The molecule has 2 aromatic carbocycles. The molecule has 0 spiro atoms. The minimum absolute atomic E-state index is 0.0157. The highest BCUT2D eigenvalue weighted by Crippen LogP contribution is 2.24. The molecule has 0 atom stereocenters. The van der Waals surface area contributed by atoms with Crippen molar-refractivity contribution in [2.24, 2.45) is 0 Å². The molecule has 0 saturated heterocycles. The van der Waals surface area contributed by atoms with Gasteiger partial charge >= 0.3 is 0 Å². The van der Waals surface area contributed by atoms with Crippen molar-refractivity contribution in [3.63, 3.8) is 0 Å². The first kappa shape index (κ1) is 17.7. The number of nitro benzene ring substituents is 1. The van der Waals surface area contributed by atoms with Crippen LogP contribution in [0.5, 0.6) is 11.5 Å². The van der Waals surface area contributed by atoms with Crippen LogP contribution >= 0.6 is 11.3 Å². The average Bonchev–Trinajstić information content (AvgIpc) is 3.08. The quantitative estimate of drug-likeness (QED) is 0.447. The highest BCUT2D eigenvalue weighted by atomic mass is 32.1. The number of hydrogen-bond donors (Lipinski definition) is 0. The molecule has 26 heavy (non-hydrogen) atoms. The number of benzene rings is 2. The van der Waals surface area contributed by atoms with Crippen LogP contribution in [-0.2, 0) is 13.2 Å². The van der Waals surface area contributed by atoms with E-state index >= 15 is 0 Å². The summed E-state index contributed by atoms with van der Waals surface area (Å²) in [5, 5.41) is 13.0. The molecule has 0 aliphatic rings. The van der Waals surface area contributed by atoms with Crippen molar-refractivity contribution in [2.75, 3.05) is 0 Å². The summed E-state index contributed by atoms with van der Waals surface area (Å²) in [6.45, 7) is 0.226. The topological polar surface area (TPSA) is 74.5 Å². The highest BCUT2D eigenvalue weighted by molar-refractivity contribution is 7.09. The van der Waals surface area contributed by atoms with Crippen LogP contribution in [0.4, 0.5) is 14.5 Å². The molecule has 0 amide bonds.